The molecule has 16 heavy (non-hydrogen) atoms. The number of carbonyl (C=O) groups excluding carboxylic acids is 2. The third-order valence-electron chi connectivity index (χ3n) is 1.76. The standard InChI is InChI=1S/C10H9ClFNO3/c1-13-9(14)5-16-10(15)7-3-2-6(11)4-8(7)12/h2-4H,5H2,1H3,(H,13,14). The summed E-state index contributed by atoms with van der Waals surface area (Å²) in [5, 5.41) is 2.45. The molecule has 6 heteroatoms. The second-order valence-corrected chi connectivity index (χ2v) is 3.31. The van der Waals surface area contributed by atoms with Crippen LogP contribution < -0.4 is 5.32 Å². The predicted molar refractivity (Wildman–Crippen MR) is 55.8 cm³/mol. The van der Waals surface area contributed by atoms with Crippen LogP contribution in [0.4, 0.5) is 4.39 Å². The molecule has 0 fully saturated rings. The Kier molecular flexibility index (Phi) is 4.25. The molecule has 0 aliphatic heterocycles. The Morgan fingerprint density at radius 2 is 2.19 bits per heavy atom. The van der Waals surface area contributed by atoms with Gasteiger partial charge in [-0.05, 0) is 18.2 Å². The summed E-state index contributed by atoms with van der Waals surface area (Å²) in [6.07, 6.45) is 0. The van der Waals surface area contributed by atoms with E-state index in [4.69, 9.17) is 11.6 Å². The van der Waals surface area contributed by atoms with Crippen molar-refractivity contribution < 1.29 is 18.7 Å². The number of hydrogen-bond donors (Lipinski definition) is 1. The number of likely N-dealkylation sites (N-methyl/N-ethyl adjacent to an activating group) is 1. The van der Waals surface area contributed by atoms with E-state index in [1.54, 1.807) is 0 Å². The van der Waals surface area contributed by atoms with Crippen LogP contribution in [-0.2, 0) is 9.53 Å². The first kappa shape index (κ1) is 12.4. The molecule has 1 aromatic rings. The molecule has 0 aliphatic carbocycles. The van der Waals surface area contributed by atoms with Crippen LogP contribution in [0.2, 0.25) is 5.02 Å². The number of benzene rings is 1. The third-order valence-corrected chi connectivity index (χ3v) is 2.00. The highest BCUT2D eigenvalue weighted by molar-refractivity contribution is 6.30. The van der Waals surface area contributed by atoms with Crippen LogP contribution >= 0.6 is 11.6 Å². The normalized spacial score (nSPS) is 9.69. The van der Waals surface area contributed by atoms with Gasteiger partial charge in [-0.1, -0.05) is 11.6 Å². The lowest BCUT2D eigenvalue weighted by Crippen LogP contribution is -2.25. The lowest BCUT2D eigenvalue weighted by Gasteiger charge is -2.04. The minimum Gasteiger partial charge on any atom is -0.452 e. The van der Waals surface area contributed by atoms with E-state index in [1.165, 1.54) is 19.2 Å². The predicted octanol–water partition coefficient (Wildman–Crippen LogP) is 1.38. The van der Waals surface area contributed by atoms with E-state index < -0.39 is 24.3 Å². The summed E-state index contributed by atoms with van der Waals surface area (Å²) >= 11 is 5.52. The van der Waals surface area contributed by atoms with E-state index in [1.807, 2.05) is 0 Å². The Hall–Kier alpha value is -1.62. The highest BCUT2D eigenvalue weighted by Gasteiger charge is 2.14. The Bertz CT molecular complexity index is 423. The Morgan fingerprint density at radius 1 is 1.50 bits per heavy atom. The number of esters is 1. The molecule has 0 radical (unpaired) electrons. The van der Waals surface area contributed by atoms with Crippen molar-refractivity contribution in [2.75, 3.05) is 13.7 Å². The molecule has 0 bridgehead atoms. The SMILES string of the molecule is CNC(=O)COC(=O)c1ccc(Cl)cc1F. The van der Waals surface area contributed by atoms with Gasteiger partial charge in [0, 0.05) is 12.1 Å². The number of ether oxygens (including phenoxy) is 1. The van der Waals surface area contributed by atoms with Gasteiger partial charge < -0.3 is 10.1 Å². The molecule has 0 heterocycles. The molecule has 1 rings (SSSR count). The van der Waals surface area contributed by atoms with Gasteiger partial charge in [-0.3, -0.25) is 4.79 Å². The summed E-state index contributed by atoms with van der Waals surface area (Å²) in [4.78, 5) is 22.1. The number of hydrogen-bond acceptors (Lipinski definition) is 3. The number of rotatable bonds is 3. The topological polar surface area (TPSA) is 55.4 Å². The second kappa shape index (κ2) is 5.46. The Labute approximate surface area is 96.3 Å². The van der Waals surface area contributed by atoms with Crippen molar-refractivity contribution in [3.8, 4) is 0 Å². The van der Waals surface area contributed by atoms with Crippen LogP contribution in [0.5, 0.6) is 0 Å². The zero-order chi connectivity index (χ0) is 12.1. The lowest BCUT2D eigenvalue weighted by atomic mass is 10.2. The highest BCUT2D eigenvalue weighted by Crippen LogP contribution is 2.15. The molecule has 1 N–H and O–H groups in total. The molecular formula is C10H9ClFNO3. The van der Waals surface area contributed by atoms with Crippen molar-refractivity contribution in [2.24, 2.45) is 0 Å². The maximum absolute atomic E-state index is 13.2. The molecule has 0 saturated heterocycles. The quantitative estimate of drug-likeness (QED) is 0.819. The van der Waals surface area contributed by atoms with Crippen LogP contribution in [0, 0.1) is 5.82 Å². The summed E-state index contributed by atoms with van der Waals surface area (Å²) in [5.41, 5.74) is -0.256. The van der Waals surface area contributed by atoms with Crippen LogP contribution in [0.25, 0.3) is 0 Å². The highest BCUT2D eigenvalue weighted by atomic mass is 35.5. The molecule has 4 nitrogen and oxygen atoms in total. The minimum absolute atomic E-state index is 0.181. The molecule has 0 spiro atoms. The summed E-state index contributed by atoms with van der Waals surface area (Å²) in [7, 11) is 1.40. The van der Waals surface area contributed by atoms with Gasteiger partial charge in [0.15, 0.2) is 6.61 Å². The van der Waals surface area contributed by atoms with Gasteiger partial charge in [-0.15, -0.1) is 0 Å². The smallest absolute Gasteiger partial charge is 0.341 e. The first-order valence-corrected chi connectivity index (χ1v) is 4.75. The molecule has 0 saturated carbocycles. The van der Waals surface area contributed by atoms with E-state index in [0.717, 1.165) is 6.07 Å². The van der Waals surface area contributed by atoms with E-state index in [-0.39, 0.29) is 10.6 Å². The summed E-state index contributed by atoms with van der Waals surface area (Å²) in [5.74, 6) is -2.16. The molecule has 0 unspecified atom stereocenters. The largest absolute Gasteiger partial charge is 0.452 e. The Balaban J connectivity index is 2.70. The fourth-order valence-corrected chi connectivity index (χ4v) is 1.09. The lowest BCUT2D eigenvalue weighted by molar-refractivity contribution is -0.123. The zero-order valence-electron chi connectivity index (χ0n) is 8.42. The monoisotopic (exact) mass is 245 g/mol. The fourth-order valence-electron chi connectivity index (χ4n) is 0.936. The fraction of sp³-hybridized carbons (Fsp3) is 0.200. The summed E-state index contributed by atoms with van der Waals surface area (Å²) in [6.45, 7) is -0.447. The van der Waals surface area contributed by atoms with E-state index in [9.17, 15) is 14.0 Å². The maximum atomic E-state index is 13.2. The number of halogens is 2. The molecule has 1 amide bonds. The molecule has 0 atom stereocenters. The van der Waals surface area contributed by atoms with Crippen LogP contribution in [0.1, 0.15) is 10.4 Å². The van der Waals surface area contributed by atoms with Crippen molar-refractivity contribution >= 4 is 23.5 Å². The molecule has 0 aromatic heterocycles. The maximum Gasteiger partial charge on any atom is 0.341 e. The van der Waals surface area contributed by atoms with Crippen molar-refractivity contribution in [1.29, 1.82) is 0 Å². The molecular weight excluding hydrogens is 237 g/mol. The second-order valence-electron chi connectivity index (χ2n) is 2.87. The first-order valence-electron chi connectivity index (χ1n) is 4.37. The molecule has 86 valence electrons. The van der Waals surface area contributed by atoms with E-state index in [0.29, 0.717) is 0 Å². The number of carbonyl (C=O) groups is 2. The van der Waals surface area contributed by atoms with Crippen LogP contribution in [0.15, 0.2) is 18.2 Å². The van der Waals surface area contributed by atoms with Crippen molar-refractivity contribution in [3.05, 3.63) is 34.6 Å². The zero-order valence-corrected chi connectivity index (χ0v) is 9.18. The van der Waals surface area contributed by atoms with Gasteiger partial charge in [-0.25, -0.2) is 9.18 Å². The first-order chi connectivity index (χ1) is 7.54. The summed E-state index contributed by atoms with van der Waals surface area (Å²) in [6, 6.07) is 3.56. The van der Waals surface area contributed by atoms with Crippen molar-refractivity contribution in [3.63, 3.8) is 0 Å². The van der Waals surface area contributed by atoms with Gasteiger partial charge in [0.2, 0.25) is 0 Å². The van der Waals surface area contributed by atoms with Gasteiger partial charge >= 0.3 is 5.97 Å². The van der Waals surface area contributed by atoms with Gasteiger partial charge in [0.05, 0.1) is 5.56 Å². The van der Waals surface area contributed by atoms with Gasteiger partial charge in [0.25, 0.3) is 5.91 Å². The van der Waals surface area contributed by atoms with E-state index >= 15 is 0 Å². The minimum atomic E-state index is -0.905. The van der Waals surface area contributed by atoms with E-state index in [2.05, 4.69) is 10.1 Å². The van der Waals surface area contributed by atoms with Gasteiger partial charge in [-0.2, -0.15) is 0 Å². The average molecular weight is 246 g/mol. The number of amides is 1. The van der Waals surface area contributed by atoms with Crippen LogP contribution in [-0.4, -0.2) is 25.5 Å². The van der Waals surface area contributed by atoms with Gasteiger partial charge in [0.1, 0.15) is 5.82 Å². The van der Waals surface area contributed by atoms with Crippen LogP contribution in [0.3, 0.4) is 0 Å². The van der Waals surface area contributed by atoms with Crippen molar-refractivity contribution in [1.82, 2.24) is 5.32 Å². The average Bonchev–Trinajstić information content (AvgIpc) is 2.25. The molecule has 1 aromatic carbocycles. The third kappa shape index (κ3) is 3.20. The number of nitrogens with one attached hydrogen (secondary N) is 1. The van der Waals surface area contributed by atoms with Crippen molar-refractivity contribution in [2.45, 2.75) is 0 Å². The summed E-state index contributed by atoms with van der Waals surface area (Å²) < 4.78 is 17.8. The Morgan fingerprint density at radius 3 is 2.75 bits per heavy atom. The molecule has 0 aliphatic rings.